The van der Waals surface area contributed by atoms with E-state index in [-0.39, 0.29) is 16.9 Å². The smallest absolute Gasteiger partial charge is 0.336 e. The molecule has 0 saturated heterocycles. The summed E-state index contributed by atoms with van der Waals surface area (Å²) in [5, 5.41) is 29.7. The number of aryl methyl sites for hydroxylation is 1. The van der Waals surface area contributed by atoms with Gasteiger partial charge in [-0.3, -0.25) is 0 Å². The molecule has 4 nitrogen and oxygen atoms in total. The van der Waals surface area contributed by atoms with Crippen molar-refractivity contribution in [2.45, 2.75) is 19.4 Å². The van der Waals surface area contributed by atoms with Gasteiger partial charge < -0.3 is 15.3 Å². The Bertz CT molecular complexity index is 634. The molecule has 104 valence electrons. The summed E-state index contributed by atoms with van der Waals surface area (Å²) >= 11 is 0. The van der Waals surface area contributed by atoms with Crippen molar-refractivity contribution in [3.63, 3.8) is 0 Å². The summed E-state index contributed by atoms with van der Waals surface area (Å²) in [6.45, 7) is 1.90. The predicted octanol–water partition coefficient (Wildman–Crippen LogP) is 2.73. The molecular formula is C16H16O4. The zero-order chi connectivity index (χ0) is 14.7. The molecule has 2 aromatic carbocycles. The minimum atomic E-state index is -1.17. The van der Waals surface area contributed by atoms with Gasteiger partial charge in [0.2, 0.25) is 0 Å². The molecule has 0 aliphatic carbocycles. The number of phenolic OH excluding ortho intramolecular Hbond substituents is 1. The maximum absolute atomic E-state index is 11.2. The van der Waals surface area contributed by atoms with Gasteiger partial charge in [0.1, 0.15) is 11.9 Å². The largest absolute Gasteiger partial charge is 0.507 e. The Balaban J connectivity index is 2.52. The Morgan fingerprint density at radius 3 is 2.40 bits per heavy atom. The molecule has 0 amide bonds. The van der Waals surface area contributed by atoms with Crippen LogP contribution in [-0.4, -0.2) is 21.3 Å². The van der Waals surface area contributed by atoms with Crippen LogP contribution in [0, 0.1) is 0 Å². The number of carboxylic acids is 1. The van der Waals surface area contributed by atoms with Crippen LogP contribution in [0.25, 0.3) is 0 Å². The molecule has 0 spiro atoms. The second-order valence-corrected chi connectivity index (χ2v) is 4.50. The summed E-state index contributed by atoms with van der Waals surface area (Å²) in [6.07, 6.45) is -0.540. The topological polar surface area (TPSA) is 77.8 Å². The molecule has 0 heterocycles. The summed E-state index contributed by atoms with van der Waals surface area (Å²) in [6, 6.07) is 11.3. The van der Waals surface area contributed by atoms with E-state index in [4.69, 9.17) is 5.11 Å². The molecule has 0 aliphatic rings. The highest BCUT2D eigenvalue weighted by atomic mass is 16.4. The van der Waals surface area contributed by atoms with Gasteiger partial charge >= 0.3 is 5.97 Å². The van der Waals surface area contributed by atoms with Crippen molar-refractivity contribution >= 4 is 5.97 Å². The minimum Gasteiger partial charge on any atom is -0.507 e. The molecular weight excluding hydrogens is 256 g/mol. The lowest BCUT2D eigenvalue weighted by molar-refractivity contribution is 0.0691. The number of para-hydroxylation sites is 1. The molecule has 1 atom stereocenters. The quantitative estimate of drug-likeness (QED) is 0.799. The van der Waals surface area contributed by atoms with E-state index in [1.54, 1.807) is 36.4 Å². The van der Waals surface area contributed by atoms with E-state index in [0.717, 1.165) is 0 Å². The normalized spacial score (nSPS) is 12.1. The third kappa shape index (κ3) is 2.51. The molecule has 0 saturated carbocycles. The van der Waals surface area contributed by atoms with Crippen molar-refractivity contribution in [3.05, 3.63) is 64.7 Å². The van der Waals surface area contributed by atoms with Crippen molar-refractivity contribution in [2.75, 3.05) is 0 Å². The fourth-order valence-corrected chi connectivity index (χ4v) is 2.21. The fourth-order valence-electron chi connectivity index (χ4n) is 2.21. The van der Waals surface area contributed by atoms with Crippen molar-refractivity contribution in [1.82, 2.24) is 0 Å². The highest BCUT2D eigenvalue weighted by molar-refractivity contribution is 5.89. The Kier molecular flexibility index (Phi) is 4.05. The zero-order valence-corrected chi connectivity index (χ0v) is 11.1. The van der Waals surface area contributed by atoms with Crippen molar-refractivity contribution < 1.29 is 20.1 Å². The van der Waals surface area contributed by atoms with Gasteiger partial charge in [-0.05, 0) is 23.6 Å². The lowest BCUT2D eigenvalue weighted by atomic mass is 9.94. The van der Waals surface area contributed by atoms with Gasteiger partial charge in [-0.25, -0.2) is 4.79 Å². The van der Waals surface area contributed by atoms with E-state index in [0.29, 0.717) is 17.5 Å². The maximum atomic E-state index is 11.2. The van der Waals surface area contributed by atoms with Crippen LogP contribution in [0.5, 0.6) is 5.75 Å². The number of carbonyl (C=O) groups is 1. The zero-order valence-electron chi connectivity index (χ0n) is 11.1. The fraction of sp³-hybridized carbons (Fsp3) is 0.188. The van der Waals surface area contributed by atoms with Crippen molar-refractivity contribution in [3.8, 4) is 5.75 Å². The molecule has 0 fully saturated rings. The molecule has 2 rings (SSSR count). The molecule has 0 aromatic heterocycles. The number of aliphatic hydroxyl groups excluding tert-OH is 1. The summed E-state index contributed by atoms with van der Waals surface area (Å²) in [5.41, 5.74) is 1.33. The number of carboxylic acid groups (broad SMARTS) is 1. The van der Waals surface area contributed by atoms with E-state index in [9.17, 15) is 15.0 Å². The van der Waals surface area contributed by atoms with Crippen LogP contribution in [0.3, 0.4) is 0 Å². The number of rotatable bonds is 4. The van der Waals surface area contributed by atoms with E-state index in [2.05, 4.69) is 0 Å². The average molecular weight is 272 g/mol. The van der Waals surface area contributed by atoms with Crippen LogP contribution in [0.4, 0.5) is 0 Å². The lowest BCUT2D eigenvalue weighted by Crippen LogP contribution is -2.08. The number of phenols is 1. The summed E-state index contributed by atoms with van der Waals surface area (Å²) in [4.78, 5) is 11.2. The van der Waals surface area contributed by atoms with Crippen LogP contribution in [0.1, 0.15) is 40.1 Å². The van der Waals surface area contributed by atoms with Crippen LogP contribution in [0.15, 0.2) is 42.5 Å². The van der Waals surface area contributed by atoms with Gasteiger partial charge in [0.15, 0.2) is 0 Å². The minimum absolute atomic E-state index is 0.0164. The van der Waals surface area contributed by atoms with E-state index >= 15 is 0 Å². The first-order valence-electron chi connectivity index (χ1n) is 6.37. The van der Waals surface area contributed by atoms with Crippen LogP contribution in [-0.2, 0) is 6.42 Å². The number of hydrogen-bond donors (Lipinski definition) is 3. The number of aromatic carboxylic acids is 1. The Hall–Kier alpha value is -2.33. The third-order valence-corrected chi connectivity index (χ3v) is 3.31. The molecule has 0 aliphatic heterocycles. The highest BCUT2D eigenvalue weighted by Crippen LogP contribution is 2.33. The van der Waals surface area contributed by atoms with Gasteiger partial charge in [-0.1, -0.05) is 43.3 Å². The molecule has 4 heteroatoms. The monoisotopic (exact) mass is 272 g/mol. The van der Waals surface area contributed by atoms with E-state index in [1.807, 2.05) is 6.92 Å². The molecule has 0 bridgehead atoms. The second kappa shape index (κ2) is 5.75. The first kappa shape index (κ1) is 14.1. The van der Waals surface area contributed by atoms with Gasteiger partial charge in [0.25, 0.3) is 0 Å². The number of aliphatic hydroxyl groups is 1. The van der Waals surface area contributed by atoms with Gasteiger partial charge in [-0.15, -0.1) is 0 Å². The predicted molar refractivity (Wildman–Crippen MR) is 74.9 cm³/mol. The SMILES string of the molecule is CCc1cccc([C@H](O)c2ccccc2C(=O)O)c1O. The van der Waals surface area contributed by atoms with E-state index < -0.39 is 12.1 Å². The van der Waals surface area contributed by atoms with Crippen molar-refractivity contribution in [2.24, 2.45) is 0 Å². The molecule has 0 radical (unpaired) electrons. The van der Waals surface area contributed by atoms with Gasteiger partial charge in [0.05, 0.1) is 5.56 Å². The third-order valence-electron chi connectivity index (χ3n) is 3.31. The number of benzene rings is 2. The number of aromatic hydroxyl groups is 1. The molecule has 0 unspecified atom stereocenters. The second-order valence-electron chi connectivity index (χ2n) is 4.50. The lowest BCUT2D eigenvalue weighted by Gasteiger charge is -2.16. The van der Waals surface area contributed by atoms with Gasteiger partial charge in [0, 0.05) is 5.56 Å². The summed E-state index contributed by atoms with van der Waals surface area (Å²) < 4.78 is 0. The van der Waals surface area contributed by atoms with Crippen LogP contribution < -0.4 is 0 Å². The van der Waals surface area contributed by atoms with Crippen LogP contribution in [0.2, 0.25) is 0 Å². The molecule has 20 heavy (non-hydrogen) atoms. The number of hydrogen-bond acceptors (Lipinski definition) is 3. The Labute approximate surface area is 116 Å². The Morgan fingerprint density at radius 1 is 1.10 bits per heavy atom. The average Bonchev–Trinajstić information content (AvgIpc) is 2.46. The van der Waals surface area contributed by atoms with Gasteiger partial charge in [-0.2, -0.15) is 0 Å². The Morgan fingerprint density at radius 2 is 1.75 bits per heavy atom. The highest BCUT2D eigenvalue weighted by Gasteiger charge is 2.21. The molecule has 2 aromatic rings. The maximum Gasteiger partial charge on any atom is 0.336 e. The van der Waals surface area contributed by atoms with E-state index in [1.165, 1.54) is 6.07 Å². The standard InChI is InChI=1S/C16H16O4/c1-2-10-6-5-9-13(14(10)17)15(18)11-7-3-4-8-12(11)16(19)20/h3-9,15,17-18H,2H2,1H3,(H,19,20)/t15-/m1/s1. The summed E-state index contributed by atoms with van der Waals surface area (Å²) in [7, 11) is 0. The van der Waals surface area contributed by atoms with Crippen LogP contribution >= 0.6 is 0 Å². The molecule has 3 N–H and O–H groups in total. The summed E-state index contributed by atoms with van der Waals surface area (Å²) in [5.74, 6) is -1.09. The first-order chi connectivity index (χ1) is 9.56. The first-order valence-corrected chi connectivity index (χ1v) is 6.37. The van der Waals surface area contributed by atoms with Crippen molar-refractivity contribution in [1.29, 1.82) is 0 Å².